The molecule has 9 nitrogen and oxygen atoms in total. The van der Waals surface area contributed by atoms with Gasteiger partial charge in [0.05, 0.1) is 12.3 Å². The third-order valence-electron chi connectivity index (χ3n) is 4.64. The number of hydrogen-bond donors (Lipinski definition) is 1. The molecule has 1 N–H and O–H groups in total. The predicted octanol–water partition coefficient (Wildman–Crippen LogP) is 3.00. The first-order valence-electron chi connectivity index (χ1n) is 10.5. The second kappa shape index (κ2) is 12.5. The Labute approximate surface area is 201 Å². The number of nitrogens with one attached hydrogen (secondary N) is 1. The van der Waals surface area contributed by atoms with Crippen molar-refractivity contribution in [3.05, 3.63) is 48.8 Å². The summed E-state index contributed by atoms with van der Waals surface area (Å²) in [5, 5.41) is 7.17. The Kier molecular flexibility index (Phi) is 10.1. The fourth-order valence-electron chi connectivity index (χ4n) is 3.01. The molecule has 2 aromatic heterocycles. The highest BCUT2D eigenvalue weighted by molar-refractivity contribution is 7.90. The maximum absolute atomic E-state index is 12.1. The summed E-state index contributed by atoms with van der Waals surface area (Å²) in [6, 6.07) is 11.1. The summed E-state index contributed by atoms with van der Waals surface area (Å²) >= 11 is 0. The number of halogens is 1. The lowest BCUT2D eigenvalue weighted by atomic mass is 10.1. The Morgan fingerprint density at radius 1 is 1.12 bits per heavy atom. The standard InChI is InChI=1S/C22H30N6O3S.ClH/c1-27(2)13-6-16-31-19-9-7-18(8-10-19)20-17-21(26-22(25-20)32(3,29)30)23-11-4-14-28-15-5-12-24-28;/h5,7-10,12,15,17H,4,6,11,13-14,16H2,1-3H3,(H,23,25,26);1H. The fraction of sp³-hybridized carbons (Fsp3) is 0.409. The van der Waals surface area contributed by atoms with Gasteiger partial charge in [0.25, 0.3) is 0 Å². The van der Waals surface area contributed by atoms with Gasteiger partial charge in [0.1, 0.15) is 11.6 Å². The van der Waals surface area contributed by atoms with Crippen LogP contribution in [-0.4, -0.2) is 73.1 Å². The molecule has 2 heterocycles. The van der Waals surface area contributed by atoms with E-state index in [9.17, 15) is 8.42 Å². The number of benzene rings is 1. The van der Waals surface area contributed by atoms with Crippen molar-refractivity contribution < 1.29 is 13.2 Å². The minimum Gasteiger partial charge on any atom is -0.494 e. The van der Waals surface area contributed by atoms with E-state index in [0.717, 1.165) is 43.5 Å². The minimum atomic E-state index is -3.56. The van der Waals surface area contributed by atoms with Crippen molar-refractivity contribution in [3.63, 3.8) is 0 Å². The summed E-state index contributed by atoms with van der Waals surface area (Å²) in [5.41, 5.74) is 1.33. The summed E-state index contributed by atoms with van der Waals surface area (Å²) in [6.07, 6.45) is 6.50. The van der Waals surface area contributed by atoms with E-state index in [2.05, 4.69) is 25.3 Å². The Morgan fingerprint density at radius 2 is 1.88 bits per heavy atom. The van der Waals surface area contributed by atoms with Crippen LogP contribution in [0.1, 0.15) is 12.8 Å². The van der Waals surface area contributed by atoms with E-state index in [1.807, 2.05) is 55.3 Å². The van der Waals surface area contributed by atoms with Crippen molar-refractivity contribution in [2.24, 2.45) is 0 Å². The van der Waals surface area contributed by atoms with Crippen LogP contribution in [-0.2, 0) is 16.4 Å². The fourth-order valence-corrected chi connectivity index (χ4v) is 3.54. The van der Waals surface area contributed by atoms with Crippen molar-refractivity contribution in [1.82, 2.24) is 24.6 Å². The molecule has 0 saturated heterocycles. The number of hydrogen-bond acceptors (Lipinski definition) is 8. The third-order valence-corrected chi connectivity index (χ3v) is 5.48. The van der Waals surface area contributed by atoms with E-state index in [4.69, 9.17) is 4.74 Å². The van der Waals surface area contributed by atoms with Crippen LogP contribution >= 0.6 is 12.4 Å². The highest BCUT2D eigenvalue weighted by atomic mass is 35.5. The molecular weight excluding hydrogens is 464 g/mol. The van der Waals surface area contributed by atoms with Crippen molar-refractivity contribution >= 4 is 28.1 Å². The first-order chi connectivity index (χ1) is 15.3. The Balaban J connectivity index is 0.00000385. The molecule has 0 amide bonds. The molecule has 11 heteroatoms. The van der Waals surface area contributed by atoms with Gasteiger partial charge < -0.3 is 15.0 Å². The van der Waals surface area contributed by atoms with Gasteiger partial charge in [-0.05, 0) is 57.3 Å². The van der Waals surface area contributed by atoms with Crippen LogP contribution in [0.15, 0.2) is 53.9 Å². The van der Waals surface area contributed by atoms with Gasteiger partial charge in [-0.15, -0.1) is 12.4 Å². The predicted molar refractivity (Wildman–Crippen MR) is 132 cm³/mol. The quantitative estimate of drug-likeness (QED) is 0.303. The van der Waals surface area contributed by atoms with Crippen LogP contribution in [0.2, 0.25) is 0 Å². The number of sulfone groups is 1. The van der Waals surface area contributed by atoms with Crippen LogP contribution in [0.5, 0.6) is 5.75 Å². The molecular formula is C22H31ClN6O3S. The van der Waals surface area contributed by atoms with Crippen LogP contribution in [0.25, 0.3) is 11.3 Å². The topological polar surface area (TPSA) is 102 Å². The van der Waals surface area contributed by atoms with Crippen LogP contribution in [0.3, 0.4) is 0 Å². The van der Waals surface area contributed by atoms with Gasteiger partial charge in [-0.2, -0.15) is 5.10 Å². The van der Waals surface area contributed by atoms with Gasteiger partial charge in [-0.3, -0.25) is 4.68 Å². The lowest BCUT2D eigenvalue weighted by Gasteiger charge is -2.12. The van der Waals surface area contributed by atoms with E-state index >= 15 is 0 Å². The first-order valence-corrected chi connectivity index (χ1v) is 12.4. The molecule has 0 aliphatic heterocycles. The largest absolute Gasteiger partial charge is 0.494 e. The molecule has 1 aromatic carbocycles. The van der Waals surface area contributed by atoms with E-state index in [0.29, 0.717) is 24.7 Å². The molecule has 0 radical (unpaired) electrons. The van der Waals surface area contributed by atoms with Crippen LogP contribution in [0.4, 0.5) is 5.82 Å². The molecule has 180 valence electrons. The minimum absolute atomic E-state index is 0. The highest BCUT2D eigenvalue weighted by Crippen LogP contribution is 2.24. The molecule has 0 aliphatic rings. The summed E-state index contributed by atoms with van der Waals surface area (Å²) in [4.78, 5) is 10.6. The second-order valence-electron chi connectivity index (χ2n) is 7.77. The molecule has 33 heavy (non-hydrogen) atoms. The van der Waals surface area contributed by atoms with Gasteiger partial charge in [0, 0.05) is 49.9 Å². The van der Waals surface area contributed by atoms with Gasteiger partial charge in [-0.25, -0.2) is 18.4 Å². The molecule has 3 aromatic rings. The first kappa shape index (κ1) is 26.6. The van der Waals surface area contributed by atoms with Crippen LogP contribution in [0, 0.1) is 0 Å². The van der Waals surface area contributed by atoms with Crippen molar-refractivity contribution in [3.8, 4) is 17.0 Å². The smallest absolute Gasteiger partial charge is 0.249 e. The number of aryl methyl sites for hydroxylation is 1. The number of rotatable bonds is 12. The lowest BCUT2D eigenvalue weighted by Crippen LogP contribution is -2.15. The highest BCUT2D eigenvalue weighted by Gasteiger charge is 2.15. The molecule has 0 aliphatic carbocycles. The second-order valence-corrected chi connectivity index (χ2v) is 9.68. The van der Waals surface area contributed by atoms with Crippen LogP contribution < -0.4 is 10.1 Å². The van der Waals surface area contributed by atoms with E-state index < -0.39 is 9.84 Å². The van der Waals surface area contributed by atoms with Crippen molar-refractivity contribution in [2.45, 2.75) is 24.5 Å². The monoisotopic (exact) mass is 494 g/mol. The molecule has 0 fully saturated rings. The zero-order valence-corrected chi connectivity index (χ0v) is 20.8. The summed E-state index contributed by atoms with van der Waals surface area (Å²) in [6.45, 7) is 2.98. The third kappa shape index (κ3) is 8.64. The number of anilines is 1. The molecule has 0 spiro atoms. The van der Waals surface area contributed by atoms with E-state index in [-0.39, 0.29) is 17.6 Å². The molecule has 0 saturated carbocycles. The van der Waals surface area contributed by atoms with Gasteiger partial charge >= 0.3 is 0 Å². The number of aromatic nitrogens is 4. The van der Waals surface area contributed by atoms with E-state index in [1.54, 1.807) is 12.3 Å². The van der Waals surface area contributed by atoms with Gasteiger partial charge in [-0.1, -0.05) is 0 Å². The van der Waals surface area contributed by atoms with Gasteiger partial charge in [0.2, 0.25) is 15.0 Å². The molecule has 0 unspecified atom stereocenters. The zero-order valence-electron chi connectivity index (χ0n) is 19.1. The number of ether oxygens (including phenoxy) is 1. The average Bonchev–Trinajstić information content (AvgIpc) is 3.27. The lowest BCUT2D eigenvalue weighted by molar-refractivity contribution is 0.281. The molecule has 0 atom stereocenters. The van der Waals surface area contributed by atoms with E-state index in [1.165, 1.54) is 0 Å². The SMILES string of the molecule is CN(C)CCCOc1ccc(-c2cc(NCCCn3cccn3)nc(S(C)(=O)=O)n2)cc1.Cl. The zero-order chi connectivity index (χ0) is 23.0. The van der Waals surface area contributed by atoms with Crippen molar-refractivity contribution in [2.75, 3.05) is 45.4 Å². The Hall–Kier alpha value is -2.69. The summed E-state index contributed by atoms with van der Waals surface area (Å²) in [7, 11) is 0.506. The molecule has 3 rings (SSSR count). The number of nitrogens with zero attached hydrogens (tertiary/aromatic N) is 5. The van der Waals surface area contributed by atoms with Gasteiger partial charge in [0.15, 0.2) is 0 Å². The Bertz CT molecular complexity index is 1090. The summed E-state index contributed by atoms with van der Waals surface area (Å²) < 4.78 is 31.8. The maximum Gasteiger partial charge on any atom is 0.249 e. The molecule has 0 bridgehead atoms. The Morgan fingerprint density at radius 3 is 2.52 bits per heavy atom. The maximum atomic E-state index is 12.1. The van der Waals surface area contributed by atoms with Crippen molar-refractivity contribution in [1.29, 1.82) is 0 Å². The summed E-state index contributed by atoms with van der Waals surface area (Å²) in [5.74, 6) is 1.24. The normalized spacial score (nSPS) is 11.3. The average molecular weight is 495 g/mol.